The van der Waals surface area contributed by atoms with Crippen molar-refractivity contribution in [2.75, 3.05) is 13.1 Å². The molecular formula is C10H21N. The molecule has 66 valence electrons. The van der Waals surface area contributed by atoms with Gasteiger partial charge in [0.1, 0.15) is 0 Å². The largest absolute Gasteiger partial charge is 0.316 e. The maximum absolute atomic E-state index is 3.46. The average molecular weight is 155 g/mol. The van der Waals surface area contributed by atoms with Gasteiger partial charge in [-0.25, -0.2) is 0 Å². The topological polar surface area (TPSA) is 12.0 Å². The molecule has 0 spiro atoms. The van der Waals surface area contributed by atoms with E-state index in [1.807, 2.05) is 0 Å². The van der Waals surface area contributed by atoms with Crippen LogP contribution in [0.2, 0.25) is 0 Å². The quantitative estimate of drug-likeness (QED) is 0.660. The van der Waals surface area contributed by atoms with Gasteiger partial charge in [-0.3, -0.25) is 0 Å². The van der Waals surface area contributed by atoms with Gasteiger partial charge in [-0.15, -0.1) is 0 Å². The van der Waals surface area contributed by atoms with Gasteiger partial charge in [0.15, 0.2) is 0 Å². The van der Waals surface area contributed by atoms with Crippen LogP contribution in [-0.4, -0.2) is 13.1 Å². The molecule has 1 heteroatoms. The second-order valence-electron chi connectivity index (χ2n) is 3.96. The first-order chi connectivity index (χ1) is 5.33. The Bertz CT molecular complexity index is 95.0. The SMILES string of the molecule is CC[C@H](C)C[C@H]1CCCNC1. The molecule has 0 amide bonds. The van der Waals surface area contributed by atoms with Crippen molar-refractivity contribution in [2.24, 2.45) is 11.8 Å². The molecule has 0 radical (unpaired) electrons. The molecule has 1 nitrogen and oxygen atoms in total. The van der Waals surface area contributed by atoms with E-state index < -0.39 is 0 Å². The van der Waals surface area contributed by atoms with Crippen LogP contribution in [0, 0.1) is 11.8 Å². The minimum atomic E-state index is 0.930. The standard InChI is InChI=1S/C10H21N/c1-3-9(2)7-10-5-4-6-11-8-10/h9-11H,3-8H2,1-2H3/t9-,10+/m0/s1. The van der Waals surface area contributed by atoms with Crippen molar-refractivity contribution in [2.45, 2.75) is 39.5 Å². The first kappa shape index (κ1) is 9.05. The molecule has 0 aromatic rings. The highest BCUT2D eigenvalue weighted by atomic mass is 14.9. The molecule has 1 aliphatic rings. The molecule has 0 unspecified atom stereocenters. The number of rotatable bonds is 3. The van der Waals surface area contributed by atoms with Gasteiger partial charge in [-0.2, -0.15) is 0 Å². The van der Waals surface area contributed by atoms with E-state index in [0.29, 0.717) is 0 Å². The fourth-order valence-corrected chi connectivity index (χ4v) is 1.86. The number of hydrogen-bond acceptors (Lipinski definition) is 1. The molecule has 11 heavy (non-hydrogen) atoms. The normalized spacial score (nSPS) is 28.4. The maximum atomic E-state index is 3.46. The van der Waals surface area contributed by atoms with Crippen molar-refractivity contribution in [3.63, 3.8) is 0 Å². The van der Waals surface area contributed by atoms with Gasteiger partial charge in [0.25, 0.3) is 0 Å². The van der Waals surface area contributed by atoms with Crippen LogP contribution in [0.15, 0.2) is 0 Å². The molecule has 0 aromatic heterocycles. The van der Waals surface area contributed by atoms with Crippen LogP contribution in [0.5, 0.6) is 0 Å². The molecule has 1 N–H and O–H groups in total. The minimum Gasteiger partial charge on any atom is -0.316 e. The van der Waals surface area contributed by atoms with Crippen LogP contribution in [-0.2, 0) is 0 Å². The first-order valence-corrected chi connectivity index (χ1v) is 5.03. The number of hydrogen-bond donors (Lipinski definition) is 1. The first-order valence-electron chi connectivity index (χ1n) is 5.03. The summed E-state index contributed by atoms with van der Waals surface area (Å²) in [6, 6.07) is 0. The molecule has 1 fully saturated rings. The van der Waals surface area contributed by atoms with Crippen LogP contribution in [0.3, 0.4) is 0 Å². The summed E-state index contributed by atoms with van der Waals surface area (Å²) in [4.78, 5) is 0. The third-order valence-corrected chi connectivity index (χ3v) is 2.83. The Morgan fingerprint density at radius 1 is 1.55 bits per heavy atom. The third-order valence-electron chi connectivity index (χ3n) is 2.83. The summed E-state index contributed by atoms with van der Waals surface area (Å²) >= 11 is 0. The lowest BCUT2D eigenvalue weighted by molar-refractivity contribution is 0.308. The molecule has 1 rings (SSSR count). The highest BCUT2D eigenvalue weighted by Crippen LogP contribution is 2.20. The maximum Gasteiger partial charge on any atom is -0.00204 e. The molecular weight excluding hydrogens is 134 g/mol. The summed E-state index contributed by atoms with van der Waals surface area (Å²) in [5.74, 6) is 1.90. The van der Waals surface area contributed by atoms with Crippen LogP contribution in [0.25, 0.3) is 0 Å². The van der Waals surface area contributed by atoms with Crippen LogP contribution in [0.4, 0.5) is 0 Å². The zero-order valence-corrected chi connectivity index (χ0v) is 7.90. The zero-order chi connectivity index (χ0) is 8.10. The van der Waals surface area contributed by atoms with Gasteiger partial charge >= 0.3 is 0 Å². The van der Waals surface area contributed by atoms with Gasteiger partial charge in [0.2, 0.25) is 0 Å². The van der Waals surface area contributed by atoms with Crippen LogP contribution < -0.4 is 5.32 Å². The average Bonchev–Trinajstić information content (AvgIpc) is 2.06. The Morgan fingerprint density at radius 2 is 2.36 bits per heavy atom. The Morgan fingerprint density at radius 3 is 2.91 bits per heavy atom. The van der Waals surface area contributed by atoms with E-state index in [9.17, 15) is 0 Å². The van der Waals surface area contributed by atoms with Crippen LogP contribution in [0.1, 0.15) is 39.5 Å². The fraction of sp³-hybridized carbons (Fsp3) is 1.00. The summed E-state index contributed by atoms with van der Waals surface area (Å²) in [7, 11) is 0. The molecule has 0 bridgehead atoms. The lowest BCUT2D eigenvalue weighted by Crippen LogP contribution is -2.30. The van der Waals surface area contributed by atoms with Crippen molar-refractivity contribution in [3.05, 3.63) is 0 Å². The molecule has 1 aliphatic heterocycles. The smallest absolute Gasteiger partial charge is 0.00204 e. The van der Waals surface area contributed by atoms with Crippen molar-refractivity contribution < 1.29 is 0 Å². The van der Waals surface area contributed by atoms with E-state index >= 15 is 0 Å². The Hall–Kier alpha value is -0.0400. The van der Waals surface area contributed by atoms with Gasteiger partial charge in [-0.1, -0.05) is 20.3 Å². The Balaban J connectivity index is 2.13. The van der Waals surface area contributed by atoms with Crippen LogP contribution >= 0.6 is 0 Å². The highest BCUT2D eigenvalue weighted by molar-refractivity contribution is 4.70. The van der Waals surface area contributed by atoms with Gasteiger partial charge < -0.3 is 5.32 Å². The summed E-state index contributed by atoms with van der Waals surface area (Å²) in [5.41, 5.74) is 0. The summed E-state index contributed by atoms with van der Waals surface area (Å²) in [5, 5.41) is 3.46. The van der Waals surface area contributed by atoms with Gasteiger partial charge in [-0.05, 0) is 44.2 Å². The minimum absolute atomic E-state index is 0.930. The van der Waals surface area contributed by atoms with E-state index in [0.717, 1.165) is 11.8 Å². The third kappa shape index (κ3) is 3.24. The predicted molar refractivity (Wildman–Crippen MR) is 49.7 cm³/mol. The molecule has 1 saturated heterocycles. The molecule has 1 heterocycles. The lowest BCUT2D eigenvalue weighted by atomic mass is 9.89. The van der Waals surface area contributed by atoms with Gasteiger partial charge in [0.05, 0.1) is 0 Å². The van der Waals surface area contributed by atoms with E-state index in [4.69, 9.17) is 0 Å². The van der Waals surface area contributed by atoms with E-state index in [2.05, 4.69) is 19.2 Å². The van der Waals surface area contributed by atoms with Crippen molar-refractivity contribution in [3.8, 4) is 0 Å². The second kappa shape index (κ2) is 4.76. The molecule has 0 aliphatic carbocycles. The number of piperidine rings is 1. The summed E-state index contributed by atoms with van der Waals surface area (Å²) in [6.45, 7) is 7.18. The van der Waals surface area contributed by atoms with Gasteiger partial charge in [0, 0.05) is 0 Å². The van der Waals surface area contributed by atoms with E-state index in [-0.39, 0.29) is 0 Å². The molecule has 0 aromatic carbocycles. The zero-order valence-electron chi connectivity index (χ0n) is 7.90. The molecule has 0 saturated carbocycles. The second-order valence-corrected chi connectivity index (χ2v) is 3.96. The van der Waals surface area contributed by atoms with Crippen molar-refractivity contribution in [1.82, 2.24) is 5.32 Å². The highest BCUT2D eigenvalue weighted by Gasteiger charge is 2.14. The molecule has 2 atom stereocenters. The predicted octanol–water partition coefficient (Wildman–Crippen LogP) is 2.42. The number of nitrogens with one attached hydrogen (secondary N) is 1. The Labute approximate surface area is 70.6 Å². The lowest BCUT2D eigenvalue weighted by Gasteiger charge is -2.24. The van der Waals surface area contributed by atoms with Crippen molar-refractivity contribution >= 4 is 0 Å². The summed E-state index contributed by atoms with van der Waals surface area (Å²) in [6.07, 6.45) is 5.62. The Kier molecular flexibility index (Phi) is 3.92. The van der Waals surface area contributed by atoms with E-state index in [1.54, 1.807) is 0 Å². The summed E-state index contributed by atoms with van der Waals surface area (Å²) < 4.78 is 0. The monoisotopic (exact) mass is 155 g/mol. The van der Waals surface area contributed by atoms with E-state index in [1.165, 1.54) is 38.8 Å². The van der Waals surface area contributed by atoms with Crippen molar-refractivity contribution in [1.29, 1.82) is 0 Å². The fourth-order valence-electron chi connectivity index (χ4n) is 1.86.